The molecule has 0 aliphatic rings. The maximum absolute atomic E-state index is 11.4. The first kappa shape index (κ1) is 12.7. The minimum Gasteiger partial charge on any atom is -0.354 e. The van der Waals surface area contributed by atoms with Gasteiger partial charge >= 0.3 is 0 Å². The van der Waals surface area contributed by atoms with E-state index >= 15 is 0 Å². The maximum atomic E-state index is 11.4. The van der Waals surface area contributed by atoms with Gasteiger partial charge in [-0.3, -0.25) is 4.79 Å². The van der Waals surface area contributed by atoms with Crippen molar-refractivity contribution in [2.24, 2.45) is 0 Å². The molecule has 0 aliphatic carbocycles. The van der Waals surface area contributed by atoms with Crippen LogP contribution in [0.25, 0.3) is 0 Å². The molecular formula is C11H19N3O2. The zero-order valence-electron chi connectivity index (χ0n) is 10.3. The van der Waals surface area contributed by atoms with E-state index in [0.29, 0.717) is 24.6 Å². The van der Waals surface area contributed by atoms with Gasteiger partial charge in [0.1, 0.15) is 0 Å². The molecule has 0 unspecified atom stereocenters. The second-order valence-electron chi connectivity index (χ2n) is 4.42. The van der Waals surface area contributed by atoms with Crippen LogP contribution >= 0.6 is 0 Å². The molecular weight excluding hydrogens is 206 g/mol. The minimum atomic E-state index is 0.0132. The van der Waals surface area contributed by atoms with Gasteiger partial charge < -0.3 is 9.84 Å². The van der Waals surface area contributed by atoms with E-state index in [0.717, 1.165) is 0 Å². The summed E-state index contributed by atoms with van der Waals surface area (Å²) in [6, 6.07) is 0.168. The topological polar surface area (TPSA) is 68.0 Å². The molecule has 0 bridgehead atoms. The molecule has 5 heteroatoms. The van der Waals surface area contributed by atoms with Crippen LogP contribution in [0.5, 0.6) is 0 Å². The molecule has 1 amide bonds. The smallest absolute Gasteiger partial charge is 0.227 e. The molecule has 1 N–H and O–H groups in total. The Kier molecular flexibility index (Phi) is 4.46. The number of nitrogens with zero attached hydrogens (tertiary/aromatic N) is 2. The fourth-order valence-electron chi connectivity index (χ4n) is 1.22. The van der Waals surface area contributed by atoms with Crippen LogP contribution < -0.4 is 5.32 Å². The van der Waals surface area contributed by atoms with Crippen molar-refractivity contribution in [2.75, 3.05) is 0 Å². The first-order valence-electron chi connectivity index (χ1n) is 5.61. The largest absolute Gasteiger partial charge is 0.354 e. The number of aryl methyl sites for hydroxylation is 1. The predicted molar refractivity (Wildman–Crippen MR) is 60.0 cm³/mol. The molecule has 5 nitrogen and oxygen atoms in total. The number of aromatic nitrogens is 2. The van der Waals surface area contributed by atoms with E-state index in [-0.39, 0.29) is 17.9 Å². The number of carbonyl (C=O) groups excluding carboxylic acids is 1. The molecule has 1 aromatic rings. The number of nitrogens with one attached hydrogen (secondary N) is 1. The van der Waals surface area contributed by atoms with E-state index in [1.807, 2.05) is 27.7 Å². The summed E-state index contributed by atoms with van der Waals surface area (Å²) in [5, 5.41) is 6.65. The highest BCUT2D eigenvalue weighted by Gasteiger charge is 2.11. The highest BCUT2D eigenvalue weighted by Crippen LogP contribution is 2.10. The van der Waals surface area contributed by atoms with Crippen LogP contribution in [0.15, 0.2) is 4.52 Å². The molecule has 0 saturated carbocycles. The zero-order chi connectivity index (χ0) is 12.1. The van der Waals surface area contributed by atoms with E-state index in [2.05, 4.69) is 15.5 Å². The van der Waals surface area contributed by atoms with E-state index in [4.69, 9.17) is 4.52 Å². The molecule has 1 rings (SSSR count). The molecule has 1 aromatic heterocycles. The highest BCUT2D eigenvalue weighted by atomic mass is 16.5. The van der Waals surface area contributed by atoms with Crippen molar-refractivity contribution in [1.29, 1.82) is 0 Å². The average Bonchev–Trinajstić information content (AvgIpc) is 2.61. The lowest BCUT2D eigenvalue weighted by atomic mass is 10.2. The van der Waals surface area contributed by atoms with E-state index in [9.17, 15) is 4.79 Å². The van der Waals surface area contributed by atoms with Gasteiger partial charge in [-0.25, -0.2) is 0 Å². The lowest BCUT2D eigenvalue weighted by Crippen LogP contribution is -2.30. The van der Waals surface area contributed by atoms with Crippen LogP contribution in [0.3, 0.4) is 0 Å². The van der Waals surface area contributed by atoms with Gasteiger partial charge in [-0.15, -0.1) is 0 Å². The third-order valence-corrected chi connectivity index (χ3v) is 2.02. The molecule has 16 heavy (non-hydrogen) atoms. The molecule has 0 spiro atoms. The van der Waals surface area contributed by atoms with Crippen LogP contribution in [-0.2, 0) is 11.2 Å². The van der Waals surface area contributed by atoms with Gasteiger partial charge in [0.25, 0.3) is 0 Å². The van der Waals surface area contributed by atoms with Gasteiger partial charge in [0, 0.05) is 24.8 Å². The average molecular weight is 225 g/mol. The molecule has 0 fully saturated rings. The molecule has 0 radical (unpaired) electrons. The lowest BCUT2D eigenvalue weighted by molar-refractivity contribution is -0.121. The Morgan fingerprint density at radius 3 is 2.56 bits per heavy atom. The van der Waals surface area contributed by atoms with Gasteiger partial charge in [0.2, 0.25) is 11.8 Å². The van der Waals surface area contributed by atoms with Crippen molar-refractivity contribution < 1.29 is 9.32 Å². The third kappa shape index (κ3) is 4.00. The highest BCUT2D eigenvalue weighted by molar-refractivity contribution is 5.76. The number of hydrogen-bond acceptors (Lipinski definition) is 4. The Hall–Kier alpha value is -1.39. The monoisotopic (exact) mass is 225 g/mol. The summed E-state index contributed by atoms with van der Waals surface area (Å²) >= 11 is 0. The summed E-state index contributed by atoms with van der Waals surface area (Å²) in [4.78, 5) is 15.6. The molecule has 0 saturated heterocycles. The van der Waals surface area contributed by atoms with Gasteiger partial charge in [-0.05, 0) is 13.8 Å². The van der Waals surface area contributed by atoms with Crippen LogP contribution in [0.4, 0.5) is 0 Å². The van der Waals surface area contributed by atoms with Crippen LogP contribution in [0.1, 0.15) is 51.7 Å². The summed E-state index contributed by atoms with van der Waals surface area (Å²) in [5.74, 6) is 1.49. The Balaban J connectivity index is 2.39. The first-order valence-corrected chi connectivity index (χ1v) is 5.61. The molecule has 1 heterocycles. The number of amides is 1. The van der Waals surface area contributed by atoms with Gasteiger partial charge in [-0.1, -0.05) is 19.0 Å². The number of rotatable bonds is 5. The van der Waals surface area contributed by atoms with Crippen molar-refractivity contribution in [3.63, 3.8) is 0 Å². The molecule has 0 aliphatic heterocycles. The van der Waals surface area contributed by atoms with Gasteiger partial charge in [-0.2, -0.15) is 4.98 Å². The van der Waals surface area contributed by atoms with Crippen molar-refractivity contribution in [2.45, 2.75) is 52.5 Å². The van der Waals surface area contributed by atoms with Crippen LogP contribution in [-0.4, -0.2) is 22.1 Å². The minimum absolute atomic E-state index is 0.0132. The third-order valence-electron chi connectivity index (χ3n) is 2.02. The second-order valence-corrected chi connectivity index (χ2v) is 4.42. The fourth-order valence-corrected chi connectivity index (χ4v) is 1.22. The standard InChI is InChI=1S/C11H19N3O2/c1-7(2)11-13-10(16-14-11)6-5-9(15)12-8(3)4/h7-8H,5-6H2,1-4H3,(H,12,15). The molecule has 0 atom stereocenters. The summed E-state index contributed by atoms with van der Waals surface area (Å²) < 4.78 is 5.04. The summed E-state index contributed by atoms with van der Waals surface area (Å²) in [5.41, 5.74) is 0. The van der Waals surface area contributed by atoms with Gasteiger partial charge in [0.05, 0.1) is 0 Å². The quantitative estimate of drug-likeness (QED) is 0.827. The van der Waals surface area contributed by atoms with Crippen molar-refractivity contribution in [1.82, 2.24) is 15.5 Å². The molecule has 0 aromatic carbocycles. The SMILES string of the molecule is CC(C)NC(=O)CCc1nc(C(C)C)no1. The second kappa shape index (κ2) is 5.63. The predicted octanol–water partition coefficient (Wildman–Crippen LogP) is 1.65. The summed E-state index contributed by atoms with van der Waals surface area (Å²) in [6.45, 7) is 7.86. The van der Waals surface area contributed by atoms with Crippen LogP contribution in [0.2, 0.25) is 0 Å². The van der Waals surface area contributed by atoms with E-state index < -0.39 is 0 Å². The van der Waals surface area contributed by atoms with Crippen molar-refractivity contribution >= 4 is 5.91 Å². The fraction of sp³-hybridized carbons (Fsp3) is 0.727. The van der Waals surface area contributed by atoms with E-state index in [1.54, 1.807) is 0 Å². The number of hydrogen-bond donors (Lipinski definition) is 1. The Bertz CT molecular complexity index is 345. The zero-order valence-corrected chi connectivity index (χ0v) is 10.3. The first-order chi connectivity index (χ1) is 7.49. The Labute approximate surface area is 95.6 Å². The molecule has 90 valence electrons. The maximum Gasteiger partial charge on any atom is 0.227 e. The Morgan fingerprint density at radius 1 is 1.38 bits per heavy atom. The van der Waals surface area contributed by atoms with Crippen LogP contribution in [0, 0.1) is 0 Å². The van der Waals surface area contributed by atoms with E-state index in [1.165, 1.54) is 0 Å². The summed E-state index contributed by atoms with van der Waals surface area (Å²) in [6.07, 6.45) is 0.885. The Morgan fingerprint density at radius 2 is 2.06 bits per heavy atom. The number of carbonyl (C=O) groups is 1. The lowest BCUT2D eigenvalue weighted by Gasteiger charge is -2.06. The van der Waals surface area contributed by atoms with Crippen molar-refractivity contribution in [3.05, 3.63) is 11.7 Å². The van der Waals surface area contributed by atoms with Crippen molar-refractivity contribution in [3.8, 4) is 0 Å². The van der Waals surface area contributed by atoms with Gasteiger partial charge in [0.15, 0.2) is 5.82 Å². The summed E-state index contributed by atoms with van der Waals surface area (Å²) in [7, 11) is 0. The normalized spacial score (nSPS) is 11.1.